The Morgan fingerprint density at radius 3 is 2.65 bits per heavy atom. The van der Waals surface area contributed by atoms with Crippen LogP contribution in [-0.2, 0) is 17.8 Å². The minimum atomic E-state index is -0.0580. The normalized spacial score (nSPS) is 14.7. The first-order chi connectivity index (χ1) is 16.8. The fraction of sp³-hybridized carbons (Fsp3) is 0.240. The molecule has 5 heterocycles. The Morgan fingerprint density at radius 2 is 1.85 bits per heavy atom. The van der Waals surface area contributed by atoms with Crippen LogP contribution in [0, 0.1) is 0 Å². The lowest BCUT2D eigenvalue weighted by Crippen LogP contribution is -2.38. The molecule has 1 aliphatic heterocycles. The Labute approximate surface area is 203 Å². The Morgan fingerprint density at radius 1 is 1.00 bits per heavy atom. The van der Waals surface area contributed by atoms with E-state index in [4.69, 9.17) is 14.1 Å². The molecule has 5 aromatic rings. The summed E-state index contributed by atoms with van der Waals surface area (Å²) in [6.45, 7) is 3.81. The molecule has 1 fully saturated rings. The van der Waals surface area contributed by atoms with Crippen molar-refractivity contribution in [3.05, 3.63) is 81.5 Å². The van der Waals surface area contributed by atoms with E-state index in [1.165, 1.54) is 11.3 Å². The summed E-state index contributed by atoms with van der Waals surface area (Å²) >= 11 is 3.14. The van der Waals surface area contributed by atoms with Crippen LogP contribution in [0.3, 0.4) is 0 Å². The number of nitrogens with zero attached hydrogens (tertiary/aromatic N) is 4. The van der Waals surface area contributed by atoms with Crippen molar-refractivity contribution in [2.24, 2.45) is 0 Å². The van der Waals surface area contributed by atoms with E-state index in [1.807, 2.05) is 53.2 Å². The number of morpholine rings is 1. The van der Waals surface area contributed by atoms with Gasteiger partial charge in [0.05, 0.1) is 31.3 Å². The molecule has 0 unspecified atom stereocenters. The average Bonchev–Trinajstić information content (AvgIpc) is 3.64. The number of thiophene rings is 2. The monoisotopic (exact) mass is 490 g/mol. The molecule has 0 saturated carbocycles. The lowest BCUT2D eigenvalue weighted by molar-refractivity contribution is 0.0324. The molecule has 6 rings (SSSR count). The van der Waals surface area contributed by atoms with Crippen molar-refractivity contribution in [2.45, 2.75) is 13.1 Å². The van der Waals surface area contributed by atoms with E-state index in [-0.39, 0.29) is 12.1 Å². The third-order valence-electron chi connectivity index (χ3n) is 5.93. The third-order valence-corrected chi connectivity index (χ3v) is 7.71. The molecule has 1 aliphatic rings. The number of oxazole rings is 1. The van der Waals surface area contributed by atoms with Crippen LogP contribution in [0.15, 0.2) is 68.6 Å². The summed E-state index contributed by atoms with van der Waals surface area (Å²) in [5.41, 5.74) is 1.84. The number of rotatable bonds is 6. The summed E-state index contributed by atoms with van der Waals surface area (Å²) in [5.74, 6) is 1.89. The first-order valence-corrected chi connectivity index (χ1v) is 12.9. The smallest absolute Gasteiger partial charge is 0.263 e. The van der Waals surface area contributed by atoms with Crippen molar-refractivity contribution in [1.82, 2.24) is 19.4 Å². The highest BCUT2D eigenvalue weighted by Crippen LogP contribution is 2.34. The molecule has 1 saturated heterocycles. The molecule has 4 aromatic heterocycles. The fourth-order valence-electron chi connectivity index (χ4n) is 4.18. The molecule has 0 bridgehead atoms. The first-order valence-electron chi connectivity index (χ1n) is 11.1. The largest absolute Gasteiger partial charge is 0.439 e. The SMILES string of the molecule is O=c1c2c(-c3cccs3)csc2nc(CN2CCOCC2)n1Cc1ncc(-c2ccccc2)o1. The summed E-state index contributed by atoms with van der Waals surface area (Å²) in [6, 6.07) is 13.9. The zero-order chi connectivity index (χ0) is 22.9. The predicted octanol–water partition coefficient (Wildman–Crippen LogP) is 4.72. The molecule has 0 amide bonds. The zero-order valence-electron chi connectivity index (χ0n) is 18.3. The van der Waals surface area contributed by atoms with Crippen LogP contribution in [0.1, 0.15) is 11.7 Å². The summed E-state index contributed by atoms with van der Waals surface area (Å²) < 4.78 is 13.3. The number of hydrogen-bond donors (Lipinski definition) is 0. The number of hydrogen-bond acceptors (Lipinski definition) is 8. The molecule has 9 heteroatoms. The maximum absolute atomic E-state index is 13.9. The Kier molecular flexibility index (Phi) is 5.84. The number of aromatic nitrogens is 3. The minimum Gasteiger partial charge on any atom is -0.439 e. The topological polar surface area (TPSA) is 73.4 Å². The molecular formula is C25H22N4O3S2. The maximum atomic E-state index is 13.9. The van der Waals surface area contributed by atoms with Gasteiger partial charge in [-0.25, -0.2) is 9.97 Å². The van der Waals surface area contributed by atoms with E-state index in [1.54, 1.807) is 22.1 Å². The van der Waals surface area contributed by atoms with Crippen molar-refractivity contribution in [3.63, 3.8) is 0 Å². The molecular weight excluding hydrogens is 468 g/mol. The van der Waals surface area contributed by atoms with E-state index in [2.05, 4.69) is 9.88 Å². The van der Waals surface area contributed by atoms with E-state index in [0.29, 0.717) is 36.8 Å². The second-order valence-electron chi connectivity index (χ2n) is 8.10. The molecule has 7 nitrogen and oxygen atoms in total. The second kappa shape index (κ2) is 9.27. The quantitative estimate of drug-likeness (QED) is 0.343. The van der Waals surface area contributed by atoms with Crippen molar-refractivity contribution < 1.29 is 9.15 Å². The van der Waals surface area contributed by atoms with Gasteiger partial charge in [-0.2, -0.15) is 0 Å². The van der Waals surface area contributed by atoms with Crippen molar-refractivity contribution >= 4 is 32.9 Å². The molecule has 0 N–H and O–H groups in total. The highest BCUT2D eigenvalue weighted by molar-refractivity contribution is 7.18. The van der Waals surface area contributed by atoms with Gasteiger partial charge in [-0.15, -0.1) is 22.7 Å². The van der Waals surface area contributed by atoms with Gasteiger partial charge in [-0.1, -0.05) is 36.4 Å². The van der Waals surface area contributed by atoms with E-state index in [9.17, 15) is 4.79 Å². The maximum Gasteiger partial charge on any atom is 0.263 e. The lowest BCUT2D eigenvalue weighted by Gasteiger charge is -2.27. The lowest BCUT2D eigenvalue weighted by atomic mass is 10.2. The van der Waals surface area contributed by atoms with Crippen molar-refractivity contribution in [3.8, 4) is 21.8 Å². The Balaban J connectivity index is 1.43. The van der Waals surface area contributed by atoms with Crippen LogP contribution in [0.2, 0.25) is 0 Å². The van der Waals surface area contributed by atoms with Gasteiger partial charge in [-0.05, 0) is 11.4 Å². The standard InChI is InChI=1S/C25H22N4O3S2/c30-25-23-18(20-7-4-12-33-20)16-34-24(23)27-21(14-28-8-10-31-11-9-28)29(25)15-22-26-13-19(32-22)17-5-2-1-3-6-17/h1-7,12-13,16H,8-11,14-15H2. The molecule has 0 aliphatic carbocycles. The third kappa shape index (κ3) is 4.12. The van der Waals surface area contributed by atoms with Gasteiger partial charge in [0.1, 0.15) is 17.2 Å². The average molecular weight is 491 g/mol. The summed E-state index contributed by atoms with van der Waals surface area (Å²) in [6.07, 6.45) is 1.71. The van der Waals surface area contributed by atoms with Crippen molar-refractivity contribution in [1.29, 1.82) is 0 Å². The predicted molar refractivity (Wildman–Crippen MR) is 134 cm³/mol. The molecule has 1 aromatic carbocycles. The molecule has 0 atom stereocenters. The van der Waals surface area contributed by atoms with Crippen LogP contribution >= 0.6 is 22.7 Å². The van der Waals surface area contributed by atoms with Gasteiger partial charge in [0, 0.05) is 34.5 Å². The molecule has 34 heavy (non-hydrogen) atoms. The zero-order valence-corrected chi connectivity index (χ0v) is 20.0. The van der Waals surface area contributed by atoms with Gasteiger partial charge in [0.2, 0.25) is 5.89 Å². The van der Waals surface area contributed by atoms with E-state index in [0.717, 1.165) is 39.7 Å². The highest BCUT2D eigenvalue weighted by atomic mass is 32.1. The van der Waals surface area contributed by atoms with Gasteiger partial charge >= 0.3 is 0 Å². The van der Waals surface area contributed by atoms with Gasteiger partial charge in [0.15, 0.2) is 5.76 Å². The highest BCUT2D eigenvalue weighted by Gasteiger charge is 2.21. The summed E-state index contributed by atoms with van der Waals surface area (Å²) in [7, 11) is 0. The van der Waals surface area contributed by atoms with Crippen LogP contribution in [0.25, 0.3) is 32.0 Å². The van der Waals surface area contributed by atoms with Gasteiger partial charge in [0.25, 0.3) is 5.56 Å². The number of ether oxygens (including phenoxy) is 1. The van der Waals surface area contributed by atoms with Crippen LogP contribution in [-0.4, -0.2) is 45.7 Å². The first kappa shape index (κ1) is 21.4. The fourth-order valence-corrected chi connectivity index (χ4v) is 5.95. The van der Waals surface area contributed by atoms with Crippen LogP contribution in [0.4, 0.5) is 0 Å². The Hall–Kier alpha value is -3.11. The van der Waals surface area contributed by atoms with Crippen molar-refractivity contribution in [2.75, 3.05) is 26.3 Å². The van der Waals surface area contributed by atoms with E-state index < -0.39 is 0 Å². The molecule has 0 radical (unpaired) electrons. The van der Waals surface area contributed by atoms with Gasteiger partial charge < -0.3 is 9.15 Å². The van der Waals surface area contributed by atoms with Crippen LogP contribution in [0.5, 0.6) is 0 Å². The Bertz CT molecular complexity index is 1470. The second-order valence-corrected chi connectivity index (χ2v) is 9.90. The summed E-state index contributed by atoms with van der Waals surface area (Å²) in [5, 5.41) is 4.72. The number of benzene rings is 1. The minimum absolute atomic E-state index is 0.0580. The molecule has 172 valence electrons. The van der Waals surface area contributed by atoms with Gasteiger partial charge in [-0.3, -0.25) is 14.3 Å². The number of fused-ring (bicyclic) bond motifs is 1. The molecule has 0 spiro atoms. The van der Waals surface area contributed by atoms with Crippen LogP contribution < -0.4 is 5.56 Å². The summed E-state index contributed by atoms with van der Waals surface area (Å²) in [4.78, 5) is 27.4. The van der Waals surface area contributed by atoms with E-state index >= 15 is 0 Å².